The van der Waals surface area contributed by atoms with Crippen LogP contribution in [0.25, 0.3) is 10.9 Å². The lowest BCUT2D eigenvalue weighted by Crippen LogP contribution is -2.04. The van der Waals surface area contributed by atoms with Crippen molar-refractivity contribution in [3.8, 4) is 0 Å². The van der Waals surface area contributed by atoms with Crippen LogP contribution in [0.1, 0.15) is 15.9 Å². The Morgan fingerprint density at radius 3 is 2.75 bits per heavy atom. The van der Waals surface area contributed by atoms with E-state index in [-0.39, 0.29) is 18.0 Å². The van der Waals surface area contributed by atoms with Gasteiger partial charge in [0, 0.05) is 23.6 Å². The molecule has 0 spiro atoms. The summed E-state index contributed by atoms with van der Waals surface area (Å²) in [6.45, 7) is 0. The van der Waals surface area contributed by atoms with Crippen LogP contribution in [0.15, 0.2) is 60.8 Å². The summed E-state index contributed by atoms with van der Waals surface area (Å²) >= 11 is 0. The van der Waals surface area contributed by atoms with Crippen LogP contribution in [-0.2, 0) is 6.42 Å². The maximum Gasteiger partial charge on any atom is 0.168 e. The van der Waals surface area contributed by atoms with Crippen molar-refractivity contribution in [1.82, 2.24) is 4.98 Å². The Morgan fingerprint density at radius 2 is 1.90 bits per heavy atom. The Bertz CT molecular complexity index is 783. The van der Waals surface area contributed by atoms with E-state index in [1.54, 1.807) is 18.3 Å². The number of halogens is 1. The van der Waals surface area contributed by atoms with E-state index < -0.39 is 0 Å². The first kappa shape index (κ1) is 12.5. The summed E-state index contributed by atoms with van der Waals surface area (Å²) in [5.41, 5.74) is 2.07. The SMILES string of the molecule is O=C(Cc1cccc(F)c1)c1cnc2ccccc2c1. The lowest BCUT2D eigenvalue weighted by molar-refractivity contribution is 0.0993. The summed E-state index contributed by atoms with van der Waals surface area (Å²) < 4.78 is 13.1. The van der Waals surface area contributed by atoms with E-state index in [0.29, 0.717) is 11.1 Å². The molecule has 0 aliphatic rings. The number of Topliss-reactive ketones (excluding diaryl/α,β-unsaturated/α-hetero) is 1. The zero-order valence-electron chi connectivity index (χ0n) is 10.7. The number of hydrogen-bond acceptors (Lipinski definition) is 2. The summed E-state index contributed by atoms with van der Waals surface area (Å²) in [5, 5.41) is 0.928. The molecule has 0 N–H and O–H groups in total. The Morgan fingerprint density at radius 1 is 1.05 bits per heavy atom. The van der Waals surface area contributed by atoms with Gasteiger partial charge < -0.3 is 0 Å². The average Bonchev–Trinajstić information content (AvgIpc) is 2.47. The quantitative estimate of drug-likeness (QED) is 0.674. The third-order valence-electron chi connectivity index (χ3n) is 3.17. The van der Waals surface area contributed by atoms with Gasteiger partial charge in [-0.2, -0.15) is 0 Å². The molecule has 0 saturated carbocycles. The van der Waals surface area contributed by atoms with E-state index in [4.69, 9.17) is 0 Å². The fourth-order valence-electron chi connectivity index (χ4n) is 2.16. The number of para-hydroxylation sites is 1. The maximum absolute atomic E-state index is 13.1. The number of aromatic nitrogens is 1. The van der Waals surface area contributed by atoms with Crippen LogP contribution in [-0.4, -0.2) is 10.8 Å². The third-order valence-corrected chi connectivity index (χ3v) is 3.17. The second-order valence-corrected chi connectivity index (χ2v) is 4.65. The number of carbonyl (C=O) groups is 1. The molecular formula is C17H12FNO. The molecule has 0 radical (unpaired) electrons. The van der Waals surface area contributed by atoms with Crippen molar-refractivity contribution in [2.24, 2.45) is 0 Å². The Hall–Kier alpha value is -2.55. The van der Waals surface area contributed by atoms with E-state index in [2.05, 4.69) is 4.98 Å². The van der Waals surface area contributed by atoms with Crippen LogP contribution in [0.3, 0.4) is 0 Å². The molecule has 0 atom stereocenters. The van der Waals surface area contributed by atoms with Gasteiger partial charge in [-0.15, -0.1) is 0 Å². The molecule has 0 saturated heterocycles. The zero-order valence-corrected chi connectivity index (χ0v) is 10.7. The van der Waals surface area contributed by atoms with Gasteiger partial charge >= 0.3 is 0 Å². The molecule has 2 nitrogen and oxygen atoms in total. The molecule has 98 valence electrons. The van der Waals surface area contributed by atoms with Crippen molar-refractivity contribution < 1.29 is 9.18 Å². The average molecular weight is 265 g/mol. The van der Waals surface area contributed by atoms with Gasteiger partial charge in [-0.3, -0.25) is 9.78 Å². The molecule has 1 aromatic heterocycles. The Kier molecular flexibility index (Phi) is 3.25. The predicted octanol–water partition coefficient (Wildman–Crippen LogP) is 3.80. The first-order valence-corrected chi connectivity index (χ1v) is 6.35. The van der Waals surface area contributed by atoms with Crippen LogP contribution in [0.4, 0.5) is 4.39 Å². The number of rotatable bonds is 3. The third kappa shape index (κ3) is 2.57. The van der Waals surface area contributed by atoms with Crippen molar-refractivity contribution in [3.63, 3.8) is 0 Å². The van der Waals surface area contributed by atoms with Gasteiger partial charge in [0.05, 0.1) is 5.52 Å². The van der Waals surface area contributed by atoms with Crippen molar-refractivity contribution in [3.05, 3.63) is 77.7 Å². The Balaban J connectivity index is 1.88. The second kappa shape index (κ2) is 5.21. The highest BCUT2D eigenvalue weighted by Gasteiger charge is 2.09. The number of hydrogen-bond donors (Lipinski definition) is 0. The second-order valence-electron chi connectivity index (χ2n) is 4.65. The van der Waals surface area contributed by atoms with Crippen molar-refractivity contribution in [2.75, 3.05) is 0 Å². The fraction of sp³-hybridized carbons (Fsp3) is 0.0588. The summed E-state index contributed by atoms with van der Waals surface area (Å²) in [4.78, 5) is 16.5. The van der Waals surface area contributed by atoms with Crippen LogP contribution in [0, 0.1) is 5.82 Å². The van der Waals surface area contributed by atoms with Crippen molar-refractivity contribution in [1.29, 1.82) is 0 Å². The van der Waals surface area contributed by atoms with Crippen LogP contribution < -0.4 is 0 Å². The number of pyridine rings is 1. The summed E-state index contributed by atoms with van der Waals surface area (Å²) in [5.74, 6) is -0.388. The van der Waals surface area contributed by atoms with Crippen molar-refractivity contribution >= 4 is 16.7 Å². The van der Waals surface area contributed by atoms with Crippen LogP contribution in [0.2, 0.25) is 0 Å². The van der Waals surface area contributed by atoms with E-state index in [0.717, 1.165) is 10.9 Å². The smallest absolute Gasteiger partial charge is 0.168 e. The van der Waals surface area contributed by atoms with E-state index in [1.807, 2.05) is 30.3 Å². The molecule has 0 fully saturated rings. The lowest BCUT2D eigenvalue weighted by Gasteiger charge is -2.03. The molecule has 3 heteroatoms. The largest absolute Gasteiger partial charge is 0.294 e. The van der Waals surface area contributed by atoms with Gasteiger partial charge in [0.2, 0.25) is 0 Å². The molecule has 20 heavy (non-hydrogen) atoms. The van der Waals surface area contributed by atoms with Crippen LogP contribution in [0.5, 0.6) is 0 Å². The van der Waals surface area contributed by atoms with Gasteiger partial charge in [0.25, 0.3) is 0 Å². The van der Waals surface area contributed by atoms with Gasteiger partial charge in [0.1, 0.15) is 5.82 Å². The molecule has 0 bridgehead atoms. The minimum Gasteiger partial charge on any atom is -0.294 e. The summed E-state index contributed by atoms with van der Waals surface area (Å²) in [7, 11) is 0. The summed E-state index contributed by atoms with van der Waals surface area (Å²) in [6, 6.07) is 15.6. The highest BCUT2D eigenvalue weighted by Crippen LogP contribution is 2.15. The van der Waals surface area contributed by atoms with E-state index in [9.17, 15) is 9.18 Å². The number of fused-ring (bicyclic) bond motifs is 1. The molecular weight excluding hydrogens is 253 g/mol. The predicted molar refractivity (Wildman–Crippen MR) is 76.2 cm³/mol. The zero-order chi connectivity index (χ0) is 13.9. The van der Waals surface area contributed by atoms with Crippen LogP contribution >= 0.6 is 0 Å². The van der Waals surface area contributed by atoms with Gasteiger partial charge in [-0.1, -0.05) is 30.3 Å². The number of nitrogens with zero attached hydrogens (tertiary/aromatic N) is 1. The minimum absolute atomic E-state index is 0.0612. The fourth-order valence-corrected chi connectivity index (χ4v) is 2.16. The van der Waals surface area contributed by atoms with Gasteiger partial charge in [0.15, 0.2) is 5.78 Å². The highest BCUT2D eigenvalue weighted by atomic mass is 19.1. The minimum atomic E-state index is -0.327. The first-order chi connectivity index (χ1) is 9.72. The molecule has 0 aliphatic carbocycles. The lowest BCUT2D eigenvalue weighted by atomic mass is 10.0. The standard InChI is InChI=1S/C17H12FNO/c18-15-6-3-4-12(8-15)9-17(20)14-10-13-5-1-2-7-16(13)19-11-14/h1-8,10-11H,9H2. The van der Waals surface area contributed by atoms with Crippen molar-refractivity contribution in [2.45, 2.75) is 6.42 Å². The summed E-state index contributed by atoms with van der Waals surface area (Å²) in [6.07, 6.45) is 1.75. The first-order valence-electron chi connectivity index (χ1n) is 6.35. The topological polar surface area (TPSA) is 30.0 Å². The molecule has 0 amide bonds. The molecule has 1 heterocycles. The molecule has 3 rings (SSSR count). The Labute approximate surface area is 115 Å². The monoisotopic (exact) mass is 265 g/mol. The number of benzene rings is 2. The molecule has 3 aromatic rings. The van der Waals surface area contributed by atoms with E-state index in [1.165, 1.54) is 12.1 Å². The molecule has 0 aliphatic heterocycles. The highest BCUT2D eigenvalue weighted by molar-refractivity contribution is 5.99. The molecule has 2 aromatic carbocycles. The number of ketones is 1. The van der Waals surface area contributed by atoms with E-state index >= 15 is 0 Å². The maximum atomic E-state index is 13.1. The molecule has 0 unspecified atom stereocenters. The van der Waals surface area contributed by atoms with Gasteiger partial charge in [-0.05, 0) is 29.8 Å². The normalized spacial score (nSPS) is 10.7. The number of carbonyl (C=O) groups excluding carboxylic acids is 1. The van der Waals surface area contributed by atoms with Gasteiger partial charge in [-0.25, -0.2) is 4.39 Å².